The zero-order chi connectivity index (χ0) is 15.1. The van der Waals surface area contributed by atoms with Gasteiger partial charge in [-0.2, -0.15) is 0 Å². The highest BCUT2D eigenvalue weighted by atomic mass is 19.1. The molecule has 0 aliphatic heterocycles. The molecule has 0 saturated heterocycles. The van der Waals surface area contributed by atoms with Crippen LogP contribution in [0.4, 0.5) is 4.39 Å². The van der Waals surface area contributed by atoms with Crippen LogP contribution in [0.3, 0.4) is 0 Å². The monoisotopic (exact) mass is 292 g/mol. The van der Waals surface area contributed by atoms with Crippen molar-refractivity contribution in [2.24, 2.45) is 0 Å². The summed E-state index contributed by atoms with van der Waals surface area (Å²) >= 11 is 0. The van der Waals surface area contributed by atoms with Crippen LogP contribution in [0.25, 0.3) is 0 Å². The molecule has 1 aromatic rings. The second-order valence-corrected chi connectivity index (χ2v) is 5.45. The standard InChI is InChI=1S/C16H21FN2O2/c17-13-7-5-6-12(10-13)16(21)18-11-15(20)19-14-8-3-1-2-4-9-14/h5-7,10,14H,1-4,8-9,11H2,(H,18,21)(H,19,20). The lowest BCUT2D eigenvalue weighted by Crippen LogP contribution is -2.41. The molecule has 1 saturated carbocycles. The summed E-state index contributed by atoms with van der Waals surface area (Å²) in [7, 11) is 0. The Labute approximate surface area is 124 Å². The van der Waals surface area contributed by atoms with E-state index in [0.717, 1.165) is 31.7 Å². The molecule has 0 spiro atoms. The highest BCUT2D eigenvalue weighted by molar-refractivity contribution is 5.96. The minimum atomic E-state index is -0.467. The fourth-order valence-corrected chi connectivity index (χ4v) is 2.59. The summed E-state index contributed by atoms with van der Waals surface area (Å²) < 4.78 is 13.0. The largest absolute Gasteiger partial charge is 0.352 e. The Kier molecular flexibility index (Phi) is 5.72. The first-order valence-electron chi connectivity index (χ1n) is 7.48. The van der Waals surface area contributed by atoms with Crippen molar-refractivity contribution >= 4 is 11.8 Å². The number of carbonyl (C=O) groups excluding carboxylic acids is 2. The normalized spacial score (nSPS) is 16.0. The Bertz CT molecular complexity index is 497. The predicted molar refractivity (Wildman–Crippen MR) is 78.4 cm³/mol. The van der Waals surface area contributed by atoms with E-state index in [2.05, 4.69) is 10.6 Å². The lowest BCUT2D eigenvalue weighted by Gasteiger charge is -2.16. The molecule has 0 atom stereocenters. The molecule has 2 rings (SSSR count). The molecule has 0 heterocycles. The van der Waals surface area contributed by atoms with Crippen LogP contribution in [-0.4, -0.2) is 24.4 Å². The molecule has 114 valence electrons. The van der Waals surface area contributed by atoms with E-state index in [9.17, 15) is 14.0 Å². The highest BCUT2D eigenvalue weighted by Crippen LogP contribution is 2.16. The van der Waals surface area contributed by atoms with Crippen LogP contribution in [0.15, 0.2) is 24.3 Å². The molecule has 1 aliphatic rings. The smallest absolute Gasteiger partial charge is 0.251 e. The number of halogens is 1. The van der Waals surface area contributed by atoms with Gasteiger partial charge in [-0.25, -0.2) is 4.39 Å². The summed E-state index contributed by atoms with van der Waals surface area (Å²) in [6.07, 6.45) is 6.74. The molecule has 0 unspecified atom stereocenters. The summed E-state index contributed by atoms with van der Waals surface area (Å²) in [4.78, 5) is 23.6. The Morgan fingerprint density at radius 1 is 1.14 bits per heavy atom. The predicted octanol–water partition coefficient (Wildman–Crippen LogP) is 2.39. The summed E-state index contributed by atoms with van der Waals surface area (Å²) in [5.74, 6) is -1.09. The molecule has 0 bridgehead atoms. The van der Waals surface area contributed by atoms with E-state index in [-0.39, 0.29) is 24.1 Å². The van der Waals surface area contributed by atoms with Gasteiger partial charge in [0.1, 0.15) is 5.82 Å². The van der Waals surface area contributed by atoms with Crippen LogP contribution in [0, 0.1) is 5.82 Å². The van der Waals surface area contributed by atoms with Gasteiger partial charge < -0.3 is 10.6 Å². The minimum absolute atomic E-state index is 0.0775. The van der Waals surface area contributed by atoms with Crippen molar-refractivity contribution in [1.82, 2.24) is 10.6 Å². The van der Waals surface area contributed by atoms with E-state index in [0.29, 0.717) is 0 Å². The van der Waals surface area contributed by atoms with Crippen molar-refractivity contribution in [3.8, 4) is 0 Å². The molecule has 4 nitrogen and oxygen atoms in total. The average Bonchev–Trinajstić information content (AvgIpc) is 2.73. The van der Waals surface area contributed by atoms with Gasteiger partial charge in [-0.05, 0) is 31.0 Å². The van der Waals surface area contributed by atoms with Crippen molar-refractivity contribution in [2.45, 2.75) is 44.6 Å². The Balaban J connectivity index is 1.76. The number of rotatable bonds is 4. The van der Waals surface area contributed by atoms with E-state index >= 15 is 0 Å². The van der Waals surface area contributed by atoms with Crippen molar-refractivity contribution in [1.29, 1.82) is 0 Å². The summed E-state index contributed by atoms with van der Waals surface area (Å²) in [6.45, 7) is -0.0775. The maximum absolute atomic E-state index is 13.0. The second-order valence-electron chi connectivity index (χ2n) is 5.45. The number of hydrogen-bond acceptors (Lipinski definition) is 2. The number of nitrogens with one attached hydrogen (secondary N) is 2. The van der Waals surface area contributed by atoms with Crippen LogP contribution in [0.5, 0.6) is 0 Å². The van der Waals surface area contributed by atoms with Crippen molar-refractivity contribution < 1.29 is 14.0 Å². The Morgan fingerprint density at radius 3 is 2.52 bits per heavy atom. The zero-order valence-electron chi connectivity index (χ0n) is 12.0. The fraction of sp³-hybridized carbons (Fsp3) is 0.500. The van der Waals surface area contributed by atoms with Crippen LogP contribution < -0.4 is 10.6 Å². The second kappa shape index (κ2) is 7.76. The number of hydrogen-bond donors (Lipinski definition) is 2. The highest BCUT2D eigenvalue weighted by Gasteiger charge is 2.15. The molecule has 1 fully saturated rings. The first-order valence-corrected chi connectivity index (χ1v) is 7.48. The van der Waals surface area contributed by atoms with Gasteiger partial charge in [0.2, 0.25) is 5.91 Å². The lowest BCUT2D eigenvalue weighted by atomic mass is 10.1. The first kappa shape index (κ1) is 15.5. The van der Waals surface area contributed by atoms with E-state index in [4.69, 9.17) is 0 Å². The summed E-state index contributed by atoms with van der Waals surface area (Å²) in [5.41, 5.74) is 0.220. The fourth-order valence-electron chi connectivity index (χ4n) is 2.59. The van der Waals surface area contributed by atoms with Crippen molar-refractivity contribution in [3.63, 3.8) is 0 Å². The van der Waals surface area contributed by atoms with E-state index in [1.807, 2.05) is 0 Å². The van der Waals surface area contributed by atoms with E-state index in [1.165, 1.54) is 31.0 Å². The van der Waals surface area contributed by atoms with Crippen LogP contribution in [-0.2, 0) is 4.79 Å². The van der Waals surface area contributed by atoms with Gasteiger partial charge in [0, 0.05) is 11.6 Å². The SMILES string of the molecule is O=C(CNC(=O)c1cccc(F)c1)NC1CCCCCC1. The molecule has 2 N–H and O–H groups in total. The van der Waals surface area contributed by atoms with Gasteiger partial charge >= 0.3 is 0 Å². The van der Waals surface area contributed by atoms with Gasteiger partial charge in [-0.3, -0.25) is 9.59 Å². The maximum atomic E-state index is 13.0. The summed E-state index contributed by atoms with van der Waals surface area (Å²) in [5, 5.41) is 5.46. The number of amides is 2. The van der Waals surface area contributed by atoms with Crippen LogP contribution in [0.2, 0.25) is 0 Å². The zero-order valence-corrected chi connectivity index (χ0v) is 12.0. The van der Waals surface area contributed by atoms with Gasteiger partial charge in [-0.1, -0.05) is 31.7 Å². The van der Waals surface area contributed by atoms with Gasteiger partial charge in [0.25, 0.3) is 5.91 Å². The van der Waals surface area contributed by atoms with Crippen LogP contribution >= 0.6 is 0 Å². The third-order valence-corrected chi connectivity index (χ3v) is 3.72. The van der Waals surface area contributed by atoms with Crippen molar-refractivity contribution in [3.05, 3.63) is 35.6 Å². The lowest BCUT2D eigenvalue weighted by molar-refractivity contribution is -0.120. The van der Waals surface area contributed by atoms with Gasteiger partial charge in [-0.15, -0.1) is 0 Å². The molecular formula is C16H21FN2O2. The molecular weight excluding hydrogens is 271 g/mol. The van der Waals surface area contributed by atoms with E-state index < -0.39 is 11.7 Å². The number of benzene rings is 1. The van der Waals surface area contributed by atoms with Gasteiger partial charge in [0.15, 0.2) is 0 Å². The van der Waals surface area contributed by atoms with E-state index in [1.54, 1.807) is 0 Å². The first-order chi connectivity index (χ1) is 10.1. The maximum Gasteiger partial charge on any atom is 0.251 e. The van der Waals surface area contributed by atoms with Crippen LogP contribution in [0.1, 0.15) is 48.9 Å². The topological polar surface area (TPSA) is 58.2 Å². The average molecular weight is 292 g/mol. The minimum Gasteiger partial charge on any atom is -0.352 e. The molecule has 0 radical (unpaired) electrons. The third kappa shape index (κ3) is 5.17. The quantitative estimate of drug-likeness (QED) is 0.837. The summed E-state index contributed by atoms with van der Waals surface area (Å²) in [6, 6.07) is 5.62. The Hall–Kier alpha value is -1.91. The number of carbonyl (C=O) groups is 2. The third-order valence-electron chi connectivity index (χ3n) is 3.72. The Morgan fingerprint density at radius 2 is 1.86 bits per heavy atom. The molecule has 2 amide bonds. The molecule has 5 heteroatoms. The molecule has 1 aromatic carbocycles. The molecule has 1 aliphatic carbocycles. The molecule has 0 aromatic heterocycles. The molecule has 21 heavy (non-hydrogen) atoms. The van der Waals surface area contributed by atoms with Gasteiger partial charge in [0.05, 0.1) is 6.54 Å². The van der Waals surface area contributed by atoms with Crippen molar-refractivity contribution in [2.75, 3.05) is 6.54 Å².